The molecular formula is C13H17BrN2OS. The van der Waals surface area contributed by atoms with Gasteiger partial charge in [0.15, 0.2) is 0 Å². The number of aromatic nitrogens is 1. The zero-order valence-corrected chi connectivity index (χ0v) is 12.8. The molecule has 0 spiro atoms. The van der Waals surface area contributed by atoms with E-state index in [1.165, 1.54) is 11.5 Å². The van der Waals surface area contributed by atoms with E-state index in [-0.39, 0.29) is 5.91 Å². The van der Waals surface area contributed by atoms with Gasteiger partial charge in [-0.15, -0.1) is 0 Å². The first-order chi connectivity index (χ1) is 8.65. The Morgan fingerprint density at radius 1 is 1.56 bits per heavy atom. The van der Waals surface area contributed by atoms with Gasteiger partial charge >= 0.3 is 0 Å². The Hall–Kier alpha value is -0.550. The number of nitrogens with one attached hydrogen (secondary N) is 1. The zero-order valence-electron chi connectivity index (χ0n) is 10.4. The van der Waals surface area contributed by atoms with Crippen LogP contribution in [0, 0.1) is 12.8 Å². The van der Waals surface area contributed by atoms with Crippen LogP contribution in [-0.2, 0) is 4.79 Å². The van der Waals surface area contributed by atoms with Gasteiger partial charge in [0.25, 0.3) is 0 Å². The van der Waals surface area contributed by atoms with Gasteiger partial charge in [-0.25, -0.2) is 4.98 Å². The smallest absolute Gasteiger partial charge is 0.225 e. The minimum absolute atomic E-state index is 0.0878. The number of carbonyl (C=O) groups is 1. The lowest BCUT2D eigenvalue weighted by atomic mass is 9.98. The SMILES string of the molecule is Cc1cc(Br)cnc1NC(=O)CC1CCSCC1. The maximum atomic E-state index is 11.9. The first-order valence-corrected chi connectivity index (χ1v) is 8.09. The molecule has 2 rings (SSSR count). The number of nitrogens with zero attached hydrogens (tertiary/aromatic N) is 1. The summed E-state index contributed by atoms with van der Waals surface area (Å²) in [5.74, 6) is 3.68. The monoisotopic (exact) mass is 328 g/mol. The second kappa shape index (κ2) is 6.57. The third-order valence-corrected chi connectivity index (χ3v) is 4.60. The molecule has 2 heterocycles. The molecule has 1 amide bonds. The second-order valence-electron chi connectivity index (χ2n) is 4.63. The normalized spacial score (nSPS) is 16.6. The maximum Gasteiger partial charge on any atom is 0.225 e. The molecular weight excluding hydrogens is 312 g/mol. The lowest BCUT2D eigenvalue weighted by Crippen LogP contribution is -2.20. The van der Waals surface area contributed by atoms with E-state index in [0.29, 0.717) is 18.2 Å². The number of aryl methyl sites for hydroxylation is 1. The van der Waals surface area contributed by atoms with Crippen LogP contribution in [0.3, 0.4) is 0 Å². The average Bonchev–Trinajstić information content (AvgIpc) is 2.34. The average molecular weight is 329 g/mol. The Labute approximate surface area is 120 Å². The van der Waals surface area contributed by atoms with Crippen molar-refractivity contribution < 1.29 is 4.79 Å². The van der Waals surface area contributed by atoms with Gasteiger partial charge in [-0.05, 0) is 64.7 Å². The lowest BCUT2D eigenvalue weighted by Gasteiger charge is -2.20. The van der Waals surface area contributed by atoms with E-state index in [1.807, 2.05) is 24.8 Å². The van der Waals surface area contributed by atoms with E-state index in [0.717, 1.165) is 22.9 Å². The molecule has 1 aliphatic rings. The maximum absolute atomic E-state index is 11.9. The van der Waals surface area contributed by atoms with Gasteiger partial charge in [0.1, 0.15) is 5.82 Å². The Kier molecular flexibility index (Phi) is 5.06. The predicted molar refractivity (Wildman–Crippen MR) is 80.0 cm³/mol. The highest BCUT2D eigenvalue weighted by molar-refractivity contribution is 9.10. The second-order valence-corrected chi connectivity index (χ2v) is 6.77. The largest absolute Gasteiger partial charge is 0.310 e. The Bertz CT molecular complexity index is 433. The van der Waals surface area contributed by atoms with Crippen LogP contribution in [0.25, 0.3) is 0 Å². The van der Waals surface area contributed by atoms with Crippen LogP contribution < -0.4 is 5.32 Å². The highest BCUT2D eigenvalue weighted by atomic mass is 79.9. The molecule has 0 aromatic carbocycles. The van der Waals surface area contributed by atoms with Crippen LogP contribution in [0.1, 0.15) is 24.8 Å². The molecule has 0 radical (unpaired) electrons. The van der Waals surface area contributed by atoms with E-state index in [9.17, 15) is 4.79 Å². The molecule has 0 aliphatic carbocycles. The first kappa shape index (κ1) is 13.9. The predicted octanol–water partition coefficient (Wildman–Crippen LogP) is 3.62. The van der Waals surface area contributed by atoms with Crippen LogP contribution in [0.4, 0.5) is 5.82 Å². The molecule has 18 heavy (non-hydrogen) atoms. The topological polar surface area (TPSA) is 42.0 Å². The van der Waals surface area contributed by atoms with Crippen molar-refractivity contribution in [2.24, 2.45) is 5.92 Å². The van der Waals surface area contributed by atoms with E-state index >= 15 is 0 Å². The highest BCUT2D eigenvalue weighted by Gasteiger charge is 2.17. The molecule has 1 N–H and O–H groups in total. The van der Waals surface area contributed by atoms with E-state index < -0.39 is 0 Å². The number of carbonyl (C=O) groups excluding carboxylic acids is 1. The fourth-order valence-electron chi connectivity index (χ4n) is 2.07. The minimum atomic E-state index is 0.0878. The van der Waals surface area contributed by atoms with Crippen molar-refractivity contribution in [2.45, 2.75) is 26.2 Å². The van der Waals surface area contributed by atoms with E-state index in [2.05, 4.69) is 26.2 Å². The summed E-state index contributed by atoms with van der Waals surface area (Å²) >= 11 is 5.35. The van der Waals surface area contributed by atoms with Crippen LogP contribution in [0.15, 0.2) is 16.7 Å². The number of hydrogen-bond donors (Lipinski definition) is 1. The molecule has 0 bridgehead atoms. The van der Waals surface area contributed by atoms with Crippen molar-refractivity contribution in [1.29, 1.82) is 0 Å². The van der Waals surface area contributed by atoms with Crippen LogP contribution >= 0.6 is 27.7 Å². The number of rotatable bonds is 3. The van der Waals surface area contributed by atoms with Crippen molar-refractivity contribution in [3.63, 3.8) is 0 Å². The molecule has 1 aliphatic heterocycles. The van der Waals surface area contributed by atoms with Gasteiger partial charge in [0, 0.05) is 17.1 Å². The standard InChI is InChI=1S/C13H17BrN2OS/c1-9-6-11(14)8-15-13(9)16-12(17)7-10-2-4-18-5-3-10/h6,8,10H,2-5,7H2,1H3,(H,15,16,17). The number of amides is 1. The number of halogens is 1. The van der Waals surface area contributed by atoms with Gasteiger partial charge in [-0.2, -0.15) is 11.8 Å². The third-order valence-electron chi connectivity index (χ3n) is 3.12. The van der Waals surface area contributed by atoms with Crippen LogP contribution in [0.2, 0.25) is 0 Å². The Morgan fingerprint density at radius 2 is 2.28 bits per heavy atom. The van der Waals surface area contributed by atoms with Crippen molar-refractivity contribution in [3.8, 4) is 0 Å². The minimum Gasteiger partial charge on any atom is -0.310 e. The zero-order chi connectivity index (χ0) is 13.0. The molecule has 1 aromatic heterocycles. The fourth-order valence-corrected chi connectivity index (χ4v) is 3.72. The van der Waals surface area contributed by atoms with Gasteiger partial charge < -0.3 is 5.32 Å². The number of hydrogen-bond acceptors (Lipinski definition) is 3. The summed E-state index contributed by atoms with van der Waals surface area (Å²) < 4.78 is 0.933. The van der Waals surface area contributed by atoms with Crippen LogP contribution in [0.5, 0.6) is 0 Å². The van der Waals surface area contributed by atoms with Gasteiger partial charge in [0.05, 0.1) is 0 Å². The molecule has 0 atom stereocenters. The van der Waals surface area contributed by atoms with Gasteiger partial charge in [0.2, 0.25) is 5.91 Å². The molecule has 0 unspecified atom stereocenters. The van der Waals surface area contributed by atoms with Crippen molar-refractivity contribution in [1.82, 2.24) is 4.98 Å². The Balaban J connectivity index is 1.90. The first-order valence-electron chi connectivity index (χ1n) is 6.15. The summed E-state index contributed by atoms with van der Waals surface area (Å²) in [7, 11) is 0. The molecule has 98 valence electrons. The Morgan fingerprint density at radius 3 is 2.94 bits per heavy atom. The summed E-state index contributed by atoms with van der Waals surface area (Å²) in [4.78, 5) is 16.2. The molecule has 1 fully saturated rings. The number of anilines is 1. The quantitative estimate of drug-likeness (QED) is 0.921. The molecule has 3 nitrogen and oxygen atoms in total. The molecule has 0 saturated carbocycles. The van der Waals surface area contributed by atoms with E-state index in [4.69, 9.17) is 0 Å². The summed E-state index contributed by atoms with van der Waals surface area (Å²) in [6.45, 7) is 1.95. The van der Waals surface area contributed by atoms with Crippen molar-refractivity contribution >= 4 is 39.4 Å². The highest BCUT2D eigenvalue weighted by Crippen LogP contribution is 2.26. The fraction of sp³-hybridized carbons (Fsp3) is 0.538. The van der Waals surface area contributed by atoms with Crippen molar-refractivity contribution in [3.05, 3.63) is 22.3 Å². The molecule has 1 aromatic rings. The molecule has 1 saturated heterocycles. The lowest BCUT2D eigenvalue weighted by molar-refractivity contribution is -0.117. The van der Waals surface area contributed by atoms with Gasteiger partial charge in [-0.1, -0.05) is 0 Å². The summed E-state index contributed by atoms with van der Waals surface area (Å²) in [6.07, 6.45) is 4.65. The van der Waals surface area contributed by atoms with Gasteiger partial charge in [-0.3, -0.25) is 4.79 Å². The third kappa shape index (κ3) is 3.99. The number of thioether (sulfide) groups is 1. The summed E-state index contributed by atoms with van der Waals surface area (Å²) in [5, 5.41) is 2.91. The summed E-state index contributed by atoms with van der Waals surface area (Å²) in [5.41, 5.74) is 0.983. The van der Waals surface area contributed by atoms with Crippen molar-refractivity contribution in [2.75, 3.05) is 16.8 Å². The van der Waals surface area contributed by atoms with E-state index in [1.54, 1.807) is 6.20 Å². The van der Waals surface area contributed by atoms with Crippen LogP contribution in [-0.4, -0.2) is 22.4 Å². The molecule has 5 heteroatoms. The summed E-state index contributed by atoms with van der Waals surface area (Å²) in [6, 6.07) is 1.96. The number of pyridine rings is 1.